The second-order valence-electron chi connectivity index (χ2n) is 3.06. The number of anilines is 1. The van der Waals surface area contributed by atoms with Crippen LogP contribution in [0.25, 0.3) is 0 Å². The Morgan fingerprint density at radius 3 is 2.88 bits per heavy atom. The van der Waals surface area contributed by atoms with Gasteiger partial charge in [0.15, 0.2) is 0 Å². The number of amides is 1. The van der Waals surface area contributed by atoms with E-state index < -0.39 is 0 Å². The first kappa shape index (κ1) is 11.6. The van der Waals surface area contributed by atoms with E-state index in [1.807, 2.05) is 11.4 Å². The SMILES string of the molecule is O=C(Nc1cc(Cl)ccc1Br)c1cccs1. The van der Waals surface area contributed by atoms with Gasteiger partial charge in [-0.25, -0.2) is 0 Å². The largest absolute Gasteiger partial charge is 0.320 e. The van der Waals surface area contributed by atoms with Crippen LogP contribution in [0.1, 0.15) is 9.67 Å². The second kappa shape index (κ2) is 4.99. The predicted molar refractivity (Wildman–Crippen MR) is 71.4 cm³/mol. The van der Waals surface area contributed by atoms with Gasteiger partial charge in [-0.15, -0.1) is 11.3 Å². The third kappa shape index (κ3) is 2.64. The molecule has 5 heteroatoms. The lowest BCUT2D eigenvalue weighted by Gasteiger charge is -2.06. The lowest BCUT2D eigenvalue weighted by Crippen LogP contribution is -2.10. The molecule has 2 rings (SSSR count). The van der Waals surface area contributed by atoms with E-state index in [2.05, 4.69) is 21.2 Å². The summed E-state index contributed by atoms with van der Waals surface area (Å²) in [5.41, 5.74) is 0.672. The summed E-state index contributed by atoms with van der Waals surface area (Å²) in [4.78, 5) is 12.4. The van der Waals surface area contributed by atoms with Gasteiger partial charge in [0.1, 0.15) is 0 Å². The van der Waals surface area contributed by atoms with Gasteiger partial charge < -0.3 is 5.32 Å². The molecule has 1 aromatic carbocycles. The number of halogens is 2. The molecule has 82 valence electrons. The summed E-state index contributed by atoms with van der Waals surface area (Å²) in [5.74, 6) is -0.127. The van der Waals surface area contributed by atoms with Crippen LogP contribution in [0, 0.1) is 0 Å². The molecule has 0 saturated heterocycles. The standard InChI is InChI=1S/C11H7BrClNOS/c12-8-4-3-7(13)6-9(8)14-11(15)10-2-1-5-16-10/h1-6H,(H,14,15). The molecule has 1 heterocycles. The van der Waals surface area contributed by atoms with Crippen LogP contribution in [0.4, 0.5) is 5.69 Å². The minimum atomic E-state index is -0.127. The fraction of sp³-hybridized carbons (Fsp3) is 0. The van der Waals surface area contributed by atoms with Gasteiger partial charge in [-0.1, -0.05) is 17.7 Å². The summed E-state index contributed by atoms with van der Waals surface area (Å²) in [6.07, 6.45) is 0. The molecule has 0 aliphatic carbocycles. The van der Waals surface area contributed by atoms with Gasteiger partial charge in [-0.3, -0.25) is 4.79 Å². The molecule has 0 fully saturated rings. The molecular formula is C11H7BrClNOS. The zero-order chi connectivity index (χ0) is 11.5. The number of carbonyl (C=O) groups is 1. The number of hydrogen-bond acceptors (Lipinski definition) is 2. The van der Waals surface area contributed by atoms with Gasteiger partial charge in [-0.2, -0.15) is 0 Å². The van der Waals surface area contributed by atoms with Crippen LogP contribution in [-0.4, -0.2) is 5.91 Å². The molecular weight excluding hydrogens is 310 g/mol. The van der Waals surface area contributed by atoms with E-state index in [1.165, 1.54) is 11.3 Å². The van der Waals surface area contributed by atoms with Crippen molar-refractivity contribution in [2.45, 2.75) is 0 Å². The Kier molecular flexibility index (Phi) is 3.63. The summed E-state index contributed by atoms with van der Waals surface area (Å²) >= 11 is 10.6. The van der Waals surface area contributed by atoms with E-state index in [4.69, 9.17) is 11.6 Å². The summed E-state index contributed by atoms with van der Waals surface area (Å²) < 4.78 is 0.807. The van der Waals surface area contributed by atoms with Crippen molar-refractivity contribution in [1.82, 2.24) is 0 Å². The van der Waals surface area contributed by atoms with Gasteiger partial charge in [0.2, 0.25) is 0 Å². The lowest BCUT2D eigenvalue weighted by atomic mass is 10.3. The highest BCUT2D eigenvalue weighted by atomic mass is 79.9. The Balaban J connectivity index is 2.21. The Bertz CT molecular complexity index is 513. The van der Waals surface area contributed by atoms with E-state index in [-0.39, 0.29) is 5.91 Å². The number of rotatable bonds is 2. The van der Waals surface area contributed by atoms with Crippen molar-refractivity contribution in [3.63, 3.8) is 0 Å². The Morgan fingerprint density at radius 2 is 2.19 bits per heavy atom. The highest BCUT2D eigenvalue weighted by molar-refractivity contribution is 9.10. The first-order valence-electron chi connectivity index (χ1n) is 4.47. The highest BCUT2D eigenvalue weighted by Crippen LogP contribution is 2.26. The third-order valence-electron chi connectivity index (χ3n) is 1.92. The minimum absolute atomic E-state index is 0.127. The maximum absolute atomic E-state index is 11.8. The summed E-state index contributed by atoms with van der Waals surface area (Å²) in [7, 11) is 0. The monoisotopic (exact) mass is 315 g/mol. The van der Waals surface area contributed by atoms with Crippen LogP contribution in [0.3, 0.4) is 0 Å². The number of benzene rings is 1. The van der Waals surface area contributed by atoms with Crippen LogP contribution in [0.15, 0.2) is 40.2 Å². The van der Waals surface area contributed by atoms with Crippen molar-refractivity contribution in [3.05, 3.63) is 50.1 Å². The highest BCUT2D eigenvalue weighted by Gasteiger charge is 2.09. The lowest BCUT2D eigenvalue weighted by molar-refractivity contribution is 0.103. The molecule has 16 heavy (non-hydrogen) atoms. The van der Waals surface area contributed by atoms with Crippen LogP contribution in [0.2, 0.25) is 5.02 Å². The second-order valence-corrected chi connectivity index (χ2v) is 5.29. The van der Waals surface area contributed by atoms with Crippen molar-refractivity contribution in [2.24, 2.45) is 0 Å². The van der Waals surface area contributed by atoms with E-state index in [0.29, 0.717) is 15.6 Å². The Hall–Kier alpha value is -0.840. The fourth-order valence-electron chi connectivity index (χ4n) is 1.18. The van der Waals surface area contributed by atoms with Crippen molar-refractivity contribution < 1.29 is 4.79 Å². The predicted octanol–water partition coefficient (Wildman–Crippen LogP) is 4.42. The summed E-state index contributed by atoms with van der Waals surface area (Å²) in [6, 6.07) is 8.88. The van der Waals surface area contributed by atoms with Crippen molar-refractivity contribution in [1.29, 1.82) is 0 Å². The fourth-order valence-corrected chi connectivity index (χ4v) is 2.32. The molecule has 1 amide bonds. The molecule has 2 aromatic rings. The van der Waals surface area contributed by atoms with Gasteiger partial charge in [0.05, 0.1) is 10.6 Å². The van der Waals surface area contributed by atoms with Crippen LogP contribution in [0.5, 0.6) is 0 Å². The van der Waals surface area contributed by atoms with Gasteiger partial charge in [0, 0.05) is 9.50 Å². The number of thiophene rings is 1. The number of carbonyl (C=O) groups excluding carboxylic acids is 1. The maximum Gasteiger partial charge on any atom is 0.265 e. The molecule has 0 bridgehead atoms. The van der Waals surface area contributed by atoms with E-state index in [1.54, 1.807) is 24.3 Å². The third-order valence-corrected chi connectivity index (χ3v) is 3.72. The van der Waals surface area contributed by atoms with Crippen molar-refractivity contribution >= 4 is 50.5 Å². The van der Waals surface area contributed by atoms with Gasteiger partial charge >= 0.3 is 0 Å². The van der Waals surface area contributed by atoms with Gasteiger partial charge in [-0.05, 0) is 45.6 Å². The first-order chi connectivity index (χ1) is 7.66. The average Bonchev–Trinajstić information content (AvgIpc) is 2.76. The molecule has 2 nitrogen and oxygen atoms in total. The molecule has 0 atom stereocenters. The van der Waals surface area contributed by atoms with Crippen molar-refractivity contribution in [3.8, 4) is 0 Å². The Labute approximate surface area is 110 Å². The average molecular weight is 317 g/mol. The number of nitrogens with one attached hydrogen (secondary N) is 1. The number of hydrogen-bond donors (Lipinski definition) is 1. The molecule has 0 spiro atoms. The van der Waals surface area contributed by atoms with Crippen LogP contribution < -0.4 is 5.32 Å². The van der Waals surface area contributed by atoms with Crippen LogP contribution >= 0.6 is 38.9 Å². The molecule has 0 unspecified atom stereocenters. The molecule has 0 aliphatic rings. The van der Waals surface area contributed by atoms with Gasteiger partial charge in [0.25, 0.3) is 5.91 Å². The van der Waals surface area contributed by atoms with E-state index in [9.17, 15) is 4.79 Å². The minimum Gasteiger partial charge on any atom is -0.320 e. The smallest absolute Gasteiger partial charge is 0.265 e. The Morgan fingerprint density at radius 1 is 1.38 bits per heavy atom. The molecule has 0 aliphatic heterocycles. The van der Waals surface area contributed by atoms with E-state index >= 15 is 0 Å². The zero-order valence-corrected chi connectivity index (χ0v) is 11.2. The first-order valence-corrected chi connectivity index (χ1v) is 6.52. The van der Waals surface area contributed by atoms with Crippen LogP contribution in [-0.2, 0) is 0 Å². The molecule has 1 aromatic heterocycles. The molecule has 0 saturated carbocycles. The summed E-state index contributed by atoms with van der Waals surface area (Å²) in [6.45, 7) is 0. The molecule has 1 N–H and O–H groups in total. The molecule has 0 radical (unpaired) electrons. The maximum atomic E-state index is 11.8. The topological polar surface area (TPSA) is 29.1 Å². The summed E-state index contributed by atoms with van der Waals surface area (Å²) in [5, 5.41) is 5.24. The normalized spacial score (nSPS) is 10.1. The van der Waals surface area contributed by atoms with Crippen molar-refractivity contribution in [2.75, 3.05) is 5.32 Å². The zero-order valence-electron chi connectivity index (χ0n) is 8.04. The van der Waals surface area contributed by atoms with E-state index in [0.717, 1.165) is 4.47 Å². The quantitative estimate of drug-likeness (QED) is 0.873.